The van der Waals surface area contributed by atoms with Gasteiger partial charge in [-0.1, -0.05) is 24.6 Å². The Morgan fingerprint density at radius 1 is 1.12 bits per heavy atom. The minimum Gasteiger partial charge on any atom is -0.342 e. The number of hydrogen-bond acceptors (Lipinski definition) is 4. The lowest BCUT2D eigenvalue weighted by molar-refractivity contribution is -0.129. The van der Waals surface area contributed by atoms with E-state index >= 15 is 0 Å². The Morgan fingerprint density at radius 2 is 1.71 bits per heavy atom. The molecule has 0 aromatic heterocycles. The van der Waals surface area contributed by atoms with Crippen LogP contribution in [0.25, 0.3) is 0 Å². The van der Waals surface area contributed by atoms with Crippen LogP contribution >= 0.6 is 0 Å². The van der Waals surface area contributed by atoms with Gasteiger partial charge in [0.25, 0.3) is 0 Å². The van der Waals surface area contributed by atoms with Crippen molar-refractivity contribution in [1.29, 1.82) is 0 Å². The van der Waals surface area contributed by atoms with Gasteiger partial charge in [-0.2, -0.15) is 0 Å². The van der Waals surface area contributed by atoms with Gasteiger partial charge in [0, 0.05) is 18.8 Å². The predicted molar refractivity (Wildman–Crippen MR) is 93.4 cm³/mol. The van der Waals surface area contributed by atoms with Crippen molar-refractivity contribution in [2.24, 2.45) is 5.92 Å². The Bertz CT molecular complexity index is 690. The Labute approximate surface area is 143 Å². The van der Waals surface area contributed by atoms with E-state index in [-0.39, 0.29) is 0 Å². The number of likely N-dealkylation sites (tertiary alicyclic amines) is 1. The molecule has 132 valence electrons. The van der Waals surface area contributed by atoms with Gasteiger partial charge in [-0.15, -0.1) is 0 Å². The van der Waals surface area contributed by atoms with Crippen molar-refractivity contribution in [3.63, 3.8) is 0 Å². The SMILES string of the molecule is Cc1ccc(NC(=O)CS(=O)(=O)CC(=O)N2CCC(C)CC2)cc1. The molecule has 0 aliphatic carbocycles. The van der Waals surface area contributed by atoms with Crippen molar-refractivity contribution >= 4 is 27.3 Å². The smallest absolute Gasteiger partial charge is 0.239 e. The zero-order chi connectivity index (χ0) is 17.7. The molecule has 1 heterocycles. The van der Waals surface area contributed by atoms with Gasteiger partial charge >= 0.3 is 0 Å². The Hall–Kier alpha value is -1.89. The van der Waals surface area contributed by atoms with Gasteiger partial charge in [-0.3, -0.25) is 9.59 Å². The number of nitrogens with one attached hydrogen (secondary N) is 1. The van der Waals surface area contributed by atoms with Crippen LogP contribution < -0.4 is 5.32 Å². The molecule has 24 heavy (non-hydrogen) atoms. The molecule has 7 heteroatoms. The Morgan fingerprint density at radius 3 is 2.29 bits per heavy atom. The summed E-state index contributed by atoms with van der Waals surface area (Å²) in [6, 6.07) is 7.07. The molecule has 1 aliphatic heterocycles. The van der Waals surface area contributed by atoms with Gasteiger partial charge < -0.3 is 10.2 Å². The normalized spacial score (nSPS) is 16.0. The number of carbonyl (C=O) groups excluding carboxylic acids is 2. The molecule has 1 aromatic rings. The van der Waals surface area contributed by atoms with E-state index in [9.17, 15) is 18.0 Å². The van der Waals surface area contributed by atoms with E-state index in [1.165, 1.54) is 0 Å². The molecule has 1 N–H and O–H groups in total. The largest absolute Gasteiger partial charge is 0.342 e. The molecule has 1 fully saturated rings. The van der Waals surface area contributed by atoms with E-state index in [0.29, 0.717) is 24.7 Å². The first-order valence-electron chi connectivity index (χ1n) is 8.10. The number of benzene rings is 1. The van der Waals surface area contributed by atoms with E-state index in [2.05, 4.69) is 12.2 Å². The van der Waals surface area contributed by atoms with E-state index < -0.39 is 33.2 Å². The molecule has 0 spiro atoms. The fourth-order valence-corrected chi connectivity index (χ4v) is 3.75. The van der Waals surface area contributed by atoms with Crippen molar-refractivity contribution in [3.8, 4) is 0 Å². The third kappa shape index (κ3) is 5.63. The maximum absolute atomic E-state index is 12.1. The van der Waals surface area contributed by atoms with Gasteiger partial charge in [0.15, 0.2) is 9.84 Å². The summed E-state index contributed by atoms with van der Waals surface area (Å²) in [5, 5.41) is 2.54. The Balaban J connectivity index is 1.87. The van der Waals surface area contributed by atoms with Crippen LogP contribution in [-0.4, -0.2) is 49.7 Å². The quantitative estimate of drug-likeness (QED) is 0.872. The lowest BCUT2D eigenvalue weighted by Crippen LogP contribution is -2.42. The third-order valence-corrected chi connectivity index (χ3v) is 5.55. The van der Waals surface area contributed by atoms with Crippen LogP contribution in [-0.2, 0) is 19.4 Å². The van der Waals surface area contributed by atoms with E-state index in [0.717, 1.165) is 18.4 Å². The summed E-state index contributed by atoms with van der Waals surface area (Å²) >= 11 is 0. The first kappa shape index (κ1) is 18.4. The summed E-state index contributed by atoms with van der Waals surface area (Å²) < 4.78 is 24.2. The average Bonchev–Trinajstić information content (AvgIpc) is 2.49. The second kappa shape index (κ2) is 7.79. The van der Waals surface area contributed by atoms with Crippen molar-refractivity contribution in [2.75, 3.05) is 29.9 Å². The molecule has 2 amide bonds. The monoisotopic (exact) mass is 352 g/mol. The Kier molecular flexibility index (Phi) is 5.99. The number of nitrogens with zero attached hydrogens (tertiary/aromatic N) is 1. The number of hydrogen-bond donors (Lipinski definition) is 1. The maximum atomic E-state index is 12.1. The molecule has 1 saturated heterocycles. The summed E-state index contributed by atoms with van der Waals surface area (Å²) in [4.78, 5) is 25.6. The van der Waals surface area contributed by atoms with E-state index in [1.807, 2.05) is 19.1 Å². The minimum atomic E-state index is -3.77. The number of anilines is 1. The number of carbonyl (C=O) groups is 2. The second-order valence-electron chi connectivity index (χ2n) is 6.51. The fourth-order valence-electron chi connectivity index (χ4n) is 2.62. The summed E-state index contributed by atoms with van der Waals surface area (Å²) in [7, 11) is -3.77. The van der Waals surface area contributed by atoms with Crippen molar-refractivity contribution in [1.82, 2.24) is 4.90 Å². The van der Waals surface area contributed by atoms with Crippen LogP contribution in [0, 0.1) is 12.8 Å². The van der Waals surface area contributed by atoms with E-state index in [1.54, 1.807) is 17.0 Å². The number of sulfone groups is 1. The highest BCUT2D eigenvalue weighted by atomic mass is 32.2. The van der Waals surface area contributed by atoms with Crippen molar-refractivity contribution in [2.45, 2.75) is 26.7 Å². The van der Waals surface area contributed by atoms with Crippen LogP contribution in [0.5, 0.6) is 0 Å². The number of aryl methyl sites for hydroxylation is 1. The zero-order valence-corrected chi connectivity index (χ0v) is 14.9. The topological polar surface area (TPSA) is 83.5 Å². The number of rotatable bonds is 5. The molecule has 0 bridgehead atoms. The first-order valence-corrected chi connectivity index (χ1v) is 9.92. The number of piperidine rings is 1. The maximum Gasteiger partial charge on any atom is 0.239 e. The molecule has 2 rings (SSSR count). The summed E-state index contributed by atoms with van der Waals surface area (Å²) in [6.45, 7) is 5.22. The standard InChI is InChI=1S/C17H24N2O4S/c1-13-3-5-15(6-4-13)18-16(20)11-24(22,23)12-17(21)19-9-7-14(2)8-10-19/h3-6,14H,7-12H2,1-2H3,(H,18,20). The predicted octanol–water partition coefficient (Wildman–Crippen LogP) is 1.61. The lowest BCUT2D eigenvalue weighted by Gasteiger charge is -2.30. The summed E-state index contributed by atoms with van der Waals surface area (Å²) in [5.74, 6) is -1.77. The number of amides is 2. The molecule has 1 aromatic carbocycles. The molecular formula is C17H24N2O4S. The summed E-state index contributed by atoms with van der Waals surface area (Å²) in [6.07, 6.45) is 1.78. The molecule has 6 nitrogen and oxygen atoms in total. The molecule has 0 unspecified atom stereocenters. The highest BCUT2D eigenvalue weighted by molar-refractivity contribution is 7.92. The summed E-state index contributed by atoms with van der Waals surface area (Å²) in [5.41, 5.74) is 1.58. The van der Waals surface area contributed by atoms with Crippen LogP contribution in [0.3, 0.4) is 0 Å². The van der Waals surface area contributed by atoms with Crippen LogP contribution in [0.4, 0.5) is 5.69 Å². The molecule has 0 saturated carbocycles. The fraction of sp³-hybridized carbons (Fsp3) is 0.529. The molecule has 1 aliphatic rings. The minimum absolute atomic E-state index is 0.412. The highest BCUT2D eigenvalue weighted by Gasteiger charge is 2.26. The zero-order valence-electron chi connectivity index (χ0n) is 14.1. The van der Waals surface area contributed by atoms with Crippen LogP contribution in [0.15, 0.2) is 24.3 Å². The second-order valence-corrected chi connectivity index (χ2v) is 8.57. The molecule has 0 radical (unpaired) electrons. The van der Waals surface area contributed by atoms with E-state index in [4.69, 9.17) is 0 Å². The van der Waals surface area contributed by atoms with Crippen molar-refractivity contribution in [3.05, 3.63) is 29.8 Å². The molecule has 0 atom stereocenters. The van der Waals surface area contributed by atoms with Gasteiger partial charge in [-0.05, 0) is 37.8 Å². The van der Waals surface area contributed by atoms with Crippen molar-refractivity contribution < 1.29 is 18.0 Å². The van der Waals surface area contributed by atoms with Gasteiger partial charge in [0.2, 0.25) is 11.8 Å². The van der Waals surface area contributed by atoms with Gasteiger partial charge in [0.05, 0.1) is 0 Å². The molecular weight excluding hydrogens is 328 g/mol. The van der Waals surface area contributed by atoms with Crippen LogP contribution in [0.2, 0.25) is 0 Å². The third-order valence-electron chi connectivity index (χ3n) is 4.17. The lowest BCUT2D eigenvalue weighted by atomic mass is 9.99. The van der Waals surface area contributed by atoms with Crippen LogP contribution in [0.1, 0.15) is 25.3 Å². The highest BCUT2D eigenvalue weighted by Crippen LogP contribution is 2.16. The average molecular weight is 352 g/mol. The van der Waals surface area contributed by atoms with Gasteiger partial charge in [0.1, 0.15) is 11.5 Å². The first-order chi connectivity index (χ1) is 11.2. The van der Waals surface area contributed by atoms with Gasteiger partial charge in [-0.25, -0.2) is 8.42 Å².